The molecule has 2 aromatic carbocycles. The molecule has 3 rings (SSSR count). The lowest BCUT2D eigenvalue weighted by Gasteiger charge is -2.22. The summed E-state index contributed by atoms with van der Waals surface area (Å²) in [6.45, 7) is 0.131. The Morgan fingerprint density at radius 1 is 1.04 bits per heavy atom. The van der Waals surface area contributed by atoms with Crippen LogP contribution in [0.3, 0.4) is 0 Å². The van der Waals surface area contributed by atoms with Gasteiger partial charge in [0.25, 0.3) is 0 Å². The summed E-state index contributed by atoms with van der Waals surface area (Å²) in [6, 6.07) is 17.0. The number of carbonyl (C=O) groups excluding carboxylic acids is 2. The van der Waals surface area contributed by atoms with E-state index in [1.165, 1.54) is 4.90 Å². The van der Waals surface area contributed by atoms with Gasteiger partial charge in [-0.25, -0.2) is 0 Å². The van der Waals surface area contributed by atoms with Gasteiger partial charge in [0.2, 0.25) is 5.91 Å². The zero-order valence-corrected chi connectivity index (χ0v) is 12.6. The predicted molar refractivity (Wildman–Crippen MR) is 88.7 cm³/mol. The largest absolute Gasteiger partial charge is 0.459 e. The van der Waals surface area contributed by atoms with Gasteiger partial charge in [0.1, 0.15) is 13.2 Å². The van der Waals surface area contributed by atoms with E-state index in [2.05, 4.69) is 0 Å². The van der Waals surface area contributed by atoms with Gasteiger partial charge in [-0.15, -0.1) is 0 Å². The van der Waals surface area contributed by atoms with Gasteiger partial charge < -0.3 is 9.64 Å². The first kappa shape index (κ1) is 15.0. The van der Waals surface area contributed by atoms with Crippen LogP contribution < -0.4 is 4.90 Å². The predicted octanol–water partition coefficient (Wildman–Crippen LogP) is 3.18. The molecule has 1 amide bonds. The maximum atomic E-state index is 12.3. The molecule has 4 heteroatoms. The molecule has 23 heavy (non-hydrogen) atoms. The van der Waals surface area contributed by atoms with Gasteiger partial charge in [-0.2, -0.15) is 0 Å². The molecule has 0 aromatic heterocycles. The number of fused-ring (bicyclic) bond motifs is 1. The summed E-state index contributed by atoms with van der Waals surface area (Å²) >= 11 is 0. The van der Waals surface area contributed by atoms with Gasteiger partial charge in [-0.05, 0) is 17.2 Å². The minimum absolute atomic E-state index is 0.0790. The molecule has 1 heterocycles. The Labute approximate surface area is 135 Å². The van der Waals surface area contributed by atoms with E-state index >= 15 is 0 Å². The topological polar surface area (TPSA) is 46.6 Å². The fourth-order valence-corrected chi connectivity index (χ4v) is 2.49. The summed E-state index contributed by atoms with van der Waals surface area (Å²) in [5.74, 6) is -0.526. The third kappa shape index (κ3) is 3.66. The highest BCUT2D eigenvalue weighted by molar-refractivity contribution is 6.01. The lowest BCUT2D eigenvalue weighted by Crippen LogP contribution is -2.36. The number of esters is 1. The molecule has 1 aliphatic rings. The number of hydrogen-bond acceptors (Lipinski definition) is 3. The molecule has 0 unspecified atom stereocenters. The summed E-state index contributed by atoms with van der Waals surface area (Å²) in [7, 11) is 0. The highest BCUT2D eigenvalue weighted by Crippen LogP contribution is 2.25. The van der Waals surface area contributed by atoms with Crippen molar-refractivity contribution in [3.05, 3.63) is 71.8 Å². The smallest absolute Gasteiger partial charge is 0.326 e. The Morgan fingerprint density at radius 2 is 1.78 bits per heavy atom. The molecule has 2 aromatic rings. The van der Waals surface area contributed by atoms with E-state index in [1.807, 2.05) is 66.7 Å². The van der Waals surface area contributed by atoms with E-state index in [0.717, 1.165) is 16.8 Å². The highest BCUT2D eigenvalue weighted by atomic mass is 16.5. The van der Waals surface area contributed by atoms with E-state index in [1.54, 1.807) is 0 Å². The van der Waals surface area contributed by atoms with Crippen LogP contribution in [0.1, 0.15) is 17.5 Å². The molecule has 0 saturated heterocycles. The minimum atomic E-state index is -0.418. The highest BCUT2D eigenvalue weighted by Gasteiger charge is 2.22. The fourth-order valence-electron chi connectivity index (χ4n) is 2.49. The van der Waals surface area contributed by atoms with Crippen molar-refractivity contribution >= 4 is 23.6 Å². The monoisotopic (exact) mass is 307 g/mol. The minimum Gasteiger partial charge on any atom is -0.459 e. The second kappa shape index (κ2) is 6.92. The van der Waals surface area contributed by atoms with Crippen molar-refractivity contribution in [2.75, 3.05) is 11.4 Å². The second-order valence-electron chi connectivity index (χ2n) is 5.29. The number of hydrogen-bond donors (Lipinski definition) is 0. The SMILES string of the molecule is O=C(CN1C(=O)CC=Cc2ccccc21)OCc1ccccc1. The maximum absolute atomic E-state index is 12.3. The van der Waals surface area contributed by atoms with Gasteiger partial charge in [0, 0.05) is 6.42 Å². The molecular formula is C19H17NO3. The molecule has 0 bridgehead atoms. The summed E-state index contributed by atoms with van der Waals surface area (Å²) in [5, 5.41) is 0. The molecule has 0 aliphatic carbocycles. The molecule has 0 fully saturated rings. The maximum Gasteiger partial charge on any atom is 0.326 e. The molecule has 1 aliphatic heterocycles. The summed E-state index contributed by atoms with van der Waals surface area (Å²) in [6.07, 6.45) is 4.00. The van der Waals surface area contributed by atoms with Crippen LogP contribution in [0.2, 0.25) is 0 Å². The first-order chi connectivity index (χ1) is 11.2. The molecule has 0 N–H and O–H groups in total. The second-order valence-corrected chi connectivity index (χ2v) is 5.29. The van der Waals surface area contributed by atoms with Crippen LogP contribution in [0.25, 0.3) is 6.08 Å². The third-order valence-electron chi connectivity index (χ3n) is 3.65. The van der Waals surface area contributed by atoms with Crippen molar-refractivity contribution in [1.82, 2.24) is 0 Å². The number of nitrogens with zero attached hydrogens (tertiary/aromatic N) is 1. The molecular weight excluding hydrogens is 290 g/mol. The van der Waals surface area contributed by atoms with Crippen molar-refractivity contribution in [2.45, 2.75) is 13.0 Å². The van der Waals surface area contributed by atoms with Crippen LogP contribution in [0.4, 0.5) is 5.69 Å². The van der Waals surface area contributed by atoms with Crippen LogP contribution >= 0.6 is 0 Å². The van der Waals surface area contributed by atoms with Crippen molar-refractivity contribution in [2.24, 2.45) is 0 Å². The van der Waals surface area contributed by atoms with Crippen LogP contribution in [-0.4, -0.2) is 18.4 Å². The normalized spacial score (nSPS) is 13.4. The zero-order chi connectivity index (χ0) is 16.1. The van der Waals surface area contributed by atoms with Gasteiger partial charge in [-0.1, -0.05) is 60.7 Å². The number of amides is 1. The third-order valence-corrected chi connectivity index (χ3v) is 3.65. The average Bonchev–Trinajstić information content (AvgIpc) is 2.74. The molecule has 0 spiro atoms. The number of ether oxygens (including phenoxy) is 1. The van der Waals surface area contributed by atoms with Gasteiger partial charge >= 0.3 is 5.97 Å². The molecule has 116 valence electrons. The molecule has 4 nitrogen and oxygen atoms in total. The van der Waals surface area contributed by atoms with Crippen LogP contribution in [0.15, 0.2) is 60.7 Å². The fraction of sp³-hybridized carbons (Fsp3) is 0.158. The summed E-state index contributed by atoms with van der Waals surface area (Å²) < 4.78 is 5.28. The lowest BCUT2D eigenvalue weighted by molar-refractivity contribution is -0.144. The van der Waals surface area contributed by atoms with E-state index in [9.17, 15) is 9.59 Å². The van der Waals surface area contributed by atoms with E-state index in [-0.39, 0.29) is 25.5 Å². The van der Waals surface area contributed by atoms with Crippen LogP contribution in [-0.2, 0) is 20.9 Å². The zero-order valence-electron chi connectivity index (χ0n) is 12.6. The molecule has 0 atom stereocenters. The summed E-state index contributed by atoms with van der Waals surface area (Å²) in [4.78, 5) is 25.9. The van der Waals surface area contributed by atoms with Gasteiger partial charge in [-0.3, -0.25) is 9.59 Å². The Morgan fingerprint density at radius 3 is 2.61 bits per heavy atom. The van der Waals surface area contributed by atoms with Crippen LogP contribution in [0, 0.1) is 0 Å². The van der Waals surface area contributed by atoms with Crippen molar-refractivity contribution in [1.29, 1.82) is 0 Å². The lowest BCUT2D eigenvalue weighted by atomic mass is 10.1. The Kier molecular flexibility index (Phi) is 4.52. The average molecular weight is 307 g/mol. The van der Waals surface area contributed by atoms with E-state index in [0.29, 0.717) is 0 Å². The first-order valence-corrected chi connectivity index (χ1v) is 7.49. The van der Waals surface area contributed by atoms with E-state index in [4.69, 9.17) is 4.74 Å². The van der Waals surface area contributed by atoms with Gasteiger partial charge in [0.05, 0.1) is 5.69 Å². The Bertz CT molecular complexity index is 737. The Balaban J connectivity index is 1.69. The number of rotatable bonds is 4. The number of carbonyl (C=O) groups is 2. The number of anilines is 1. The number of benzene rings is 2. The van der Waals surface area contributed by atoms with Crippen molar-refractivity contribution < 1.29 is 14.3 Å². The quantitative estimate of drug-likeness (QED) is 0.815. The van der Waals surface area contributed by atoms with Crippen molar-refractivity contribution in [3.8, 4) is 0 Å². The first-order valence-electron chi connectivity index (χ1n) is 7.49. The Hall–Kier alpha value is -2.88. The summed E-state index contributed by atoms with van der Waals surface area (Å²) in [5.41, 5.74) is 2.59. The van der Waals surface area contributed by atoms with Crippen LogP contribution in [0.5, 0.6) is 0 Å². The molecule has 0 saturated carbocycles. The van der Waals surface area contributed by atoms with Gasteiger partial charge in [0.15, 0.2) is 0 Å². The standard InChI is InChI=1S/C19H17NO3/c21-18-12-6-10-16-9-4-5-11-17(16)20(18)13-19(22)23-14-15-7-2-1-3-8-15/h1-11H,12-14H2. The van der Waals surface area contributed by atoms with E-state index < -0.39 is 5.97 Å². The van der Waals surface area contributed by atoms with Crippen molar-refractivity contribution in [3.63, 3.8) is 0 Å². The number of para-hydroxylation sites is 1. The molecule has 0 radical (unpaired) electrons.